The Kier molecular flexibility index (Phi) is 4.98. The maximum atomic E-state index is 12.5. The van der Waals surface area contributed by atoms with Crippen molar-refractivity contribution in [1.29, 1.82) is 0 Å². The van der Waals surface area contributed by atoms with E-state index < -0.39 is 0 Å². The van der Waals surface area contributed by atoms with E-state index in [0.29, 0.717) is 12.3 Å². The van der Waals surface area contributed by atoms with Crippen molar-refractivity contribution < 1.29 is 4.79 Å². The zero-order valence-electron chi connectivity index (χ0n) is 14.7. The molecule has 1 fully saturated rings. The van der Waals surface area contributed by atoms with Crippen LogP contribution in [0.15, 0.2) is 54.7 Å². The van der Waals surface area contributed by atoms with Crippen LogP contribution in [0.5, 0.6) is 0 Å². The molecule has 4 heteroatoms. The summed E-state index contributed by atoms with van der Waals surface area (Å²) in [5.41, 5.74) is 3.76. The summed E-state index contributed by atoms with van der Waals surface area (Å²) in [5.74, 6) is 0.795. The standard InChI is InChI=1S/C22H23ClN2O/c23-18-8-5-16(6-9-18)7-10-22(26)25-13-11-17(12-14-25)20-15-24-21-4-2-1-3-19(20)21/h1-6,8-9,15,17,24H,7,10-14H2. The van der Waals surface area contributed by atoms with Gasteiger partial charge in [-0.25, -0.2) is 0 Å². The number of aromatic nitrogens is 1. The van der Waals surface area contributed by atoms with E-state index in [1.165, 1.54) is 16.5 Å². The molecule has 1 aromatic heterocycles. The topological polar surface area (TPSA) is 36.1 Å². The number of aromatic amines is 1. The lowest BCUT2D eigenvalue weighted by atomic mass is 9.89. The SMILES string of the molecule is O=C(CCc1ccc(Cl)cc1)N1CCC(c2c[nH]c3ccccc23)CC1. The predicted molar refractivity (Wildman–Crippen MR) is 107 cm³/mol. The van der Waals surface area contributed by atoms with Gasteiger partial charge in [-0.05, 0) is 54.5 Å². The quantitative estimate of drug-likeness (QED) is 0.680. The average molecular weight is 367 g/mol. The van der Waals surface area contributed by atoms with Crippen LogP contribution in [0.2, 0.25) is 5.02 Å². The van der Waals surface area contributed by atoms with Crippen molar-refractivity contribution in [1.82, 2.24) is 9.88 Å². The molecule has 26 heavy (non-hydrogen) atoms. The van der Waals surface area contributed by atoms with Crippen LogP contribution in [0.3, 0.4) is 0 Å². The monoisotopic (exact) mass is 366 g/mol. The van der Waals surface area contributed by atoms with E-state index in [9.17, 15) is 4.79 Å². The molecule has 0 aliphatic carbocycles. The van der Waals surface area contributed by atoms with Crippen LogP contribution in [0.1, 0.15) is 36.3 Å². The molecule has 1 aliphatic rings. The number of amides is 1. The van der Waals surface area contributed by atoms with Crippen LogP contribution in [-0.2, 0) is 11.2 Å². The number of halogens is 1. The number of rotatable bonds is 4. The minimum atomic E-state index is 0.261. The normalized spacial score (nSPS) is 15.5. The molecule has 1 saturated heterocycles. The van der Waals surface area contributed by atoms with E-state index in [1.54, 1.807) is 0 Å². The second kappa shape index (κ2) is 7.55. The molecule has 0 bridgehead atoms. The van der Waals surface area contributed by atoms with Gasteiger partial charge in [0.2, 0.25) is 5.91 Å². The fourth-order valence-corrected chi connectivity index (χ4v) is 4.06. The molecule has 0 spiro atoms. The highest BCUT2D eigenvalue weighted by Crippen LogP contribution is 2.33. The first-order valence-corrected chi connectivity index (χ1v) is 9.67. The molecular formula is C22H23ClN2O. The summed E-state index contributed by atoms with van der Waals surface area (Å²) in [6.45, 7) is 1.70. The van der Waals surface area contributed by atoms with E-state index in [4.69, 9.17) is 11.6 Å². The Labute approximate surface area is 159 Å². The summed E-state index contributed by atoms with van der Waals surface area (Å²) in [5, 5.41) is 2.06. The van der Waals surface area contributed by atoms with Crippen molar-refractivity contribution >= 4 is 28.4 Å². The average Bonchev–Trinajstić information content (AvgIpc) is 3.11. The number of carbonyl (C=O) groups is 1. The number of nitrogens with one attached hydrogen (secondary N) is 1. The van der Waals surface area contributed by atoms with Gasteiger partial charge in [-0.1, -0.05) is 41.9 Å². The highest BCUT2D eigenvalue weighted by Gasteiger charge is 2.25. The van der Waals surface area contributed by atoms with Gasteiger partial charge >= 0.3 is 0 Å². The summed E-state index contributed by atoms with van der Waals surface area (Å²) in [6.07, 6.45) is 5.56. The van der Waals surface area contributed by atoms with E-state index in [0.717, 1.165) is 42.9 Å². The molecule has 3 nitrogen and oxygen atoms in total. The van der Waals surface area contributed by atoms with E-state index in [1.807, 2.05) is 29.2 Å². The highest BCUT2D eigenvalue weighted by atomic mass is 35.5. The van der Waals surface area contributed by atoms with Crippen molar-refractivity contribution in [3.05, 3.63) is 70.9 Å². The molecule has 0 radical (unpaired) electrons. The number of nitrogens with zero attached hydrogens (tertiary/aromatic N) is 1. The van der Waals surface area contributed by atoms with Crippen LogP contribution in [0.25, 0.3) is 10.9 Å². The maximum absolute atomic E-state index is 12.5. The van der Waals surface area contributed by atoms with Crippen molar-refractivity contribution in [2.24, 2.45) is 0 Å². The van der Waals surface area contributed by atoms with Gasteiger partial charge in [0, 0.05) is 41.6 Å². The number of para-hydroxylation sites is 1. The first-order chi connectivity index (χ1) is 12.7. The number of aryl methyl sites for hydroxylation is 1. The molecule has 0 saturated carbocycles. The van der Waals surface area contributed by atoms with Crippen LogP contribution in [0.4, 0.5) is 0 Å². The molecule has 134 valence electrons. The first kappa shape index (κ1) is 17.2. The third kappa shape index (κ3) is 3.63. The second-order valence-corrected chi connectivity index (χ2v) is 7.51. The minimum absolute atomic E-state index is 0.261. The van der Waals surface area contributed by atoms with Gasteiger partial charge < -0.3 is 9.88 Å². The van der Waals surface area contributed by atoms with Gasteiger partial charge in [0.15, 0.2) is 0 Å². The van der Waals surface area contributed by atoms with Gasteiger partial charge in [0.1, 0.15) is 0 Å². The Bertz CT molecular complexity index is 892. The summed E-state index contributed by atoms with van der Waals surface area (Å²) < 4.78 is 0. The number of hydrogen-bond acceptors (Lipinski definition) is 1. The van der Waals surface area contributed by atoms with Crippen LogP contribution >= 0.6 is 11.6 Å². The van der Waals surface area contributed by atoms with Gasteiger partial charge in [-0.2, -0.15) is 0 Å². The smallest absolute Gasteiger partial charge is 0.222 e. The Morgan fingerprint density at radius 2 is 1.81 bits per heavy atom. The van der Waals surface area contributed by atoms with Crippen LogP contribution in [0, 0.1) is 0 Å². The summed E-state index contributed by atoms with van der Waals surface area (Å²) in [6, 6.07) is 16.2. The summed E-state index contributed by atoms with van der Waals surface area (Å²) in [7, 11) is 0. The molecule has 3 aromatic rings. The summed E-state index contributed by atoms with van der Waals surface area (Å²) >= 11 is 5.91. The van der Waals surface area contributed by atoms with Crippen molar-refractivity contribution in [2.45, 2.75) is 31.6 Å². The predicted octanol–water partition coefficient (Wildman–Crippen LogP) is 5.16. The van der Waals surface area contributed by atoms with E-state index in [2.05, 4.69) is 35.4 Å². The maximum Gasteiger partial charge on any atom is 0.222 e. The number of H-pyrrole nitrogens is 1. The van der Waals surface area contributed by atoms with Crippen LogP contribution in [-0.4, -0.2) is 28.9 Å². The first-order valence-electron chi connectivity index (χ1n) is 9.29. The molecule has 1 aliphatic heterocycles. The van der Waals surface area contributed by atoms with Crippen LogP contribution < -0.4 is 0 Å². The number of benzene rings is 2. The Morgan fingerprint density at radius 1 is 1.08 bits per heavy atom. The lowest BCUT2D eigenvalue weighted by molar-refractivity contribution is -0.132. The van der Waals surface area contributed by atoms with E-state index in [-0.39, 0.29) is 5.91 Å². The molecule has 2 aromatic carbocycles. The fraction of sp³-hybridized carbons (Fsp3) is 0.318. The third-order valence-electron chi connectivity index (χ3n) is 5.45. The molecular weight excluding hydrogens is 344 g/mol. The number of carbonyl (C=O) groups excluding carboxylic acids is 1. The second-order valence-electron chi connectivity index (χ2n) is 7.07. The number of piperidine rings is 1. The van der Waals surface area contributed by atoms with Crippen molar-refractivity contribution in [2.75, 3.05) is 13.1 Å². The van der Waals surface area contributed by atoms with Crippen molar-refractivity contribution in [3.63, 3.8) is 0 Å². The lowest BCUT2D eigenvalue weighted by Gasteiger charge is -2.32. The van der Waals surface area contributed by atoms with Crippen molar-refractivity contribution in [3.8, 4) is 0 Å². The molecule has 0 atom stereocenters. The third-order valence-corrected chi connectivity index (χ3v) is 5.70. The largest absolute Gasteiger partial charge is 0.361 e. The number of fused-ring (bicyclic) bond motifs is 1. The highest BCUT2D eigenvalue weighted by molar-refractivity contribution is 6.30. The zero-order chi connectivity index (χ0) is 17.9. The zero-order valence-corrected chi connectivity index (χ0v) is 15.5. The fourth-order valence-electron chi connectivity index (χ4n) is 3.93. The molecule has 2 heterocycles. The summed E-state index contributed by atoms with van der Waals surface area (Å²) in [4.78, 5) is 17.9. The molecule has 0 unspecified atom stereocenters. The Balaban J connectivity index is 1.33. The molecule has 4 rings (SSSR count). The number of likely N-dealkylation sites (tertiary alicyclic amines) is 1. The lowest BCUT2D eigenvalue weighted by Crippen LogP contribution is -2.38. The van der Waals surface area contributed by atoms with Gasteiger partial charge in [-0.15, -0.1) is 0 Å². The minimum Gasteiger partial charge on any atom is -0.361 e. The van der Waals surface area contributed by atoms with E-state index >= 15 is 0 Å². The van der Waals surface area contributed by atoms with Gasteiger partial charge in [0.05, 0.1) is 0 Å². The van der Waals surface area contributed by atoms with Gasteiger partial charge in [0.25, 0.3) is 0 Å². The van der Waals surface area contributed by atoms with Gasteiger partial charge in [-0.3, -0.25) is 4.79 Å². The Hall–Kier alpha value is -2.26. The molecule has 1 amide bonds. The Morgan fingerprint density at radius 3 is 2.58 bits per heavy atom. The molecule has 1 N–H and O–H groups in total. The number of hydrogen-bond donors (Lipinski definition) is 1.